The van der Waals surface area contributed by atoms with Crippen LogP contribution in [0.4, 0.5) is 5.69 Å². The summed E-state index contributed by atoms with van der Waals surface area (Å²) in [6, 6.07) is 7.37. The second-order valence-corrected chi connectivity index (χ2v) is 4.35. The zero-order valence-corrected chi connectivity index (χ0v) is 11.2. The lowest BCUT2D eigenvalue weighted by Crippen LogP contribution is -2.12. The Bertz CT molecular complexity index is 644. The number of nitrogens with one attached hydrogen (secondary N) is 1. The molecule has 0 fully saturated rings. The lowest BCUT2D eigenvalue weighted by atomic mass is 10.2. The van der Waals surface area contributed by atoms with Gasteiger partial charge in [-0.15, -0.1) is 0 Å². The number of rotatable bonds is 2. The van der Waals surface area contributed by atoms with Gasteiger partial charge in [0.1, 0.15) is 0 Å². The maximum atomic E-state index is 8.59. The van der Waals surface area contributed by atoms with E-state index in [1.165, 1.54) is 11.8 Å². The Labute approximate surface area is 114 Å². The van der Waals surface area contributed by atoms with Gasteiger partial charge in [-0.3, -0.25) is 5.32 Å². The van der Waals surface area contributed by atoms with Gasteiger partial charge in [-0.1, -0.05) is 23.0 Å². The molecule has 0 aliphatic heterocycles. The summed E-state index contributed by atoms with van der Waals surface area (Å²) in [5, 5.41) is 15.4. The molecule has 0 unspecified atom stereocenters. The van der Waals surface area contributed by atoms with Gasteiger partial charge in [0.05, 0.1) is 5.69 Å². The van der Waals surface area contributed by atoms with E-state index in [9.17, 15) is 0 Å². The fraction of sp³-hybridized carbons (Fsp3) is 0.167. The zero-order valence-electron chi connectivity index (χ0n) is 10.4. The van der Waals surface area contributed by atoms with Crippen LogP contribution in [-0.4, -0.2) is 21.6 Å². The van der Waals surface area contributed by atoms with Crippen molar-refractivity contribution < 1.29 is 4.52 Å². The van der Waals surface area contributed by atoms with Gasteiger partial charge >= 0.3 is 0 Å². The van der Waals surface area contributed by atoms with Crippen molar-refractivity contribution in [2.45, 2.75) is 6.92 Å². The first-order valence-corrected chi connectivity index (χ1v) is 6.64. The third-order valence-electron chi connectivity index (χ3n) is 2.21. The summed E-state index contributed by atoms with van der Waals surface area (Å²) >= 11 is 1.36. The van der Waals surface area contributed by atoms with E-state index in [2.05, 4.69) is 20.4 Å². The van der Waals surface area contributed by atoms with Crippen molar-refractivity contribution in [3.8, 4) is 17.6 Å². The van der Waals surface area contributed by atoms with E-state index in [-0.39, 0.29) is 0 Å². The van der Waals surface area contributed by atoms with Gasteiger partial charge in [0.15, 0.2) is 17.2 Å². The summed E-state index contributed by atoms with van der Waals surface area (Å²) in [5.74, 6) is 1.04. The lowest BCUT2D eigenvalue weighted by Gasteiger charge is -2.00. The van der Waals surface area contributed by atoms with Crippen molar-refractivity contribution in [1.29, 1.82) is 5.26 Å². The molecule has 1 aromatic carbocycles. The average Bonchev–Trinajstić information content (AvgIpc) is 2.85. The van der Waals surface area contributed by atoms with Crippen LogP contribution in [0.1, 0.15) is 5.82 Å². The standard InChI is InChI=1S/C12H11N5OS/c1-8-15-11(18-17-8)9-4-3-5-10(6-9)16-12(19-2)14-7-13/h3-6H,1-2H3,(H,14,16). The van der Waals surface area contributed by atoms with Crippen LogP contribution in [0.5, 0.6) is 0 Å². The van der Waals surface area contributed by atoms with Gasteiger partial charge in [0.2, 0.25) is 0 Å². The van der Waals surface area contributed by atoms with E-state index in [4.69, 9.17) is 9.78 Å². The average molecular weight is 273 g/mol. The van der Waals surface area contributed by atoms with Gasteiger partial charge in [0.25, 0.3) is 5.89 Å². The van der Waals surface area contributed by atoms with Crippen LogP contribution in [0.25, 0.3) is 11.5 Å². The number of aliphatic imine (C=N–C) groups is 1. The minimum absolute atomic E-state index is 0.452. The van der Waals surface area contributed by atoms with Gasteiger partial charge in [-0.2, -0.15) is 10.2 Å². The number of amidine groups is 1. The van der Waals surface area contributed by atoms with E-state index in [1.807, 2.05) is 36.7 Å². The molecule has 19 heavy (non-hydrogen) atoms. The van der Waals surface area contributed by atoms with E-state index in [1.54, 1.807) is 6.92 Å². The number of benzene rings is 1. The predicted molar refractivity (Wildman–Crippen MR) is 73.8 cm³/mol. The van der Waals surface area contributed by atoms with Gasteiger partial charge in [0, 0.05) is 5.56 Å². The molecule has 6 nitrogen and oxygen atoms in total. The summed E-state index contributed by atoms with van der Waals surface area (Å²) in [6.45, 7) is 1.76. The third-order valence-corrected chi connectivity index (χ3v) is 2.79. The summed E-state index contributed by atoms with van der Waals surface area (Å²) in [5.41, 5.74) is 1.50. The quantitative estimate of drug-likeness (QED) is 0.391. The second kappa shape index (κ2) is 6.02. The molecule has 1 aromatic heterocycles. The Hall–Kier alpha value is -2.33. The number of aryl methyl sites for hydroxylation is 1. The minimum Gasteiger partial charge on any atom is -0.334 e. The molecule has 0 spiro atoms. The molecule has 7 heteroatoms. The SMILES string of the molecule is CSC(=Nc1cccc(-c2nc(C)no2)c1)NC#N. The fourth-order valence-corrected chi connectivity index (χ4v) is 1.76. The first kappa shape index (κ1) is 13.1. The molecule has 2 rings (SSSR count). The first-order valence-electron chi connectivity index (χ1n) is 5.41. The number of thioether (sulfide) groups is 1. The minimum atomic E-state index is 0.452. The highest BCUT2D eigenvalue weighted by Crippen LogP contribution is 2.23. The molecule has 1 heterocycles. The largest absolute Gasteiger partial charge is 0.334 e. The Morgan fingerprint density at radius 2 is 2.37 bits per heavy atom. The van der Waals surface area contributed by atoms with E-state index in [0.717, 1.165) is 5.56 Å². The fourth-order valence-electron chi connectivity index (χ4n) is 1.41. The molecule has 2 aromatic rings. The maximum Gasteiger partial charge on any atom is 0.257 e. The number of hydrogen-bond acceptors (Lipinski definition) is 6. The lowest BCUT2D eigenvalue weighted by molar-refractivity contribution is 0.425. The van der Waals surface area contributed by atoms with Crippen molar-refractivity contribution in [2.75, 3.05) is 6.26 Å². The van der Waals surface area contributed by atoms with Crippen LogP contribution in [0, 0.1) is 18.4 Å². The highest BCUT2D eigenvalue weighted by Gasteiger charge is 2.06. The van der Waals surface area contributed by atoms with Crippen LogP contribution < -0.4 is 5.32 Å². The van der Waals surface area contributed by atoms with Gasteiger partial charge < -0.3 is 4.52 Å². The Morgan fingerprint density at radius 1 is 1.53 bits per heavy atom. The molecule has 0 saturated heterocycles. The Kier molecular flexibility index (Phi) is 4.15. The second-order valence-electron chi connectivity index (χ2n) is 3.55. The smallest absolute Gasteiger partial charge is 0.257 e. The van der Waals surface area contributed by atoms with Crippen LogP contribution >= 0.6 is 11.8 Å². The number of nitriles is 1. The highest BCUT2D eigenvalue weighted by molar-refractivity contribution is 8.13. The van der Waals surface area contributed by atoms with Crippen LogP contribution in [-0.2, 0) is 0 Å². The van der Waals surface area contributed by atoms with Crippen LogP contribution in [0.15, 0.2) is 33.8 Å². The molecule has 0 amide bonds. The summed E-state index contributed by atoms with van der Waals surface area (Å²) in [6.07, 6.45) is 3.69. The molecule has 0 bridgehead atoms. The highest BCUT2D eigenvalue weighted by atomic mass is 32.2. The Balaban J connectivity index is 2.32. The summed E-state index contributed by atoms with van der Waals surface area (Å²) in [4.78, 5) is 8.47. The Morgan fingerprint density at radius 3 is 3.00 bits per heavy atom. The molecule has 0 atom stereocenters. The van der Waals surface area contributed by atoms with Crippen molar-refractivity contribution >= 4 is 22.6 Å². The molecule has 96 valence electrons. The molecule has 0 aliphatic carbocycles. The first-order chi connectivity index (χ1) is 9.22. The molecular weight excluding hydrogens is 262 g/mol. The van der Waals surface area contributed by atoms with Crippen molar-refractivity contribution in [3.63, 3.8) is 0 Å². The number of aromatic nitrogens is 2. The zero-order chi connectivity index (χ0) is 13.7. The summed E-state index contributed by atoms with van der Waals surface area (Å²) < 4.78 is 5.10. The number of nitrogens with zero attached hydrogens (tertiary/aromatic N) is 4. The molecule has 0 radical (unpaired) electrons. The maximum absolute atomic E-state index is 8.59. The predicted octanol–water partition coefficient (Wildman–Crippen LogP) is 2.47. The van der Waals surface area contributed by atoms with Crippen molar-refractivity contribution in [2.24, 2.45) is 4.99 Å². The van der Waals surface area contributed by atoms with E-state index < -0.39 is 0 Å². The normalized spacial score (nSPS) is 11.1. The van der Waals surface area contributed by atoms with Crippen molar-refractivity contribution in [1.82, 2.24) is 15.5 Å². The van der Waals surface area contributed by atoms with Crippen LogP contribution in [0.2, 0.25) is 0 Å². The molecular formula is C12H11N5OS. The van der Waals surface area contributed by atoms with Crippen molar-refractivity contribution in [3.05, 3.63) is 30.1 Å². The van der Waals surface area contributed by atoms with E-state index >= 15 is 0 Å². The van der Waals surface area contributed by atoms with Crippen LogP contribution in [0.3, 0.4) is 0 Å². The van der Waals surface area contributed by atoms with Gasteiger partial charge in [-0.25, -0.2) is 4.99 Å². The number of hydrogen-bond donors (Lipinski definition) is 1. The van der Waals surface area contributed by atoms with E-state index in [0.29, 0.717) is 22.6 Å². The summed E-state index contributed by atoms with van der Waals surface area (Å²) in [7, 11) is 0. The van der Waals surface area contributed by atoms with Gasteiger partial charge in [-0.05, 0) is 31.4 Å². The third kappa shape index (κ3) is 3.33. The molecule has 0 saturated carbocycles. The topological polar surface area (TPSA) is 87.1 Å². The molecule has 1 N–H and O–H groups in total. The monoisotopic (exact) mass is 273 g/mol. The molecule has 0 aliphatic rings.